The summed E-state index contributed by atoms with van der Waals surface area (Å²) in [5, 5.41) is 9.56. The minimum absolute atomic E-state index is 0.0339. The molecular formula is C13H16F2O3. The fourth-order valence-corrected chi connectivity index (χ4v) is 1.30. The molecule has 0 aromatic heterocycles. The Morgan fingerprint density at radius 2 is 1.72 bits per heavy atom. The zero-order chi connectivity index (χ0) is 14.0. The third kappa shape index (κ3) is 3.50. The lowest BCUT2D eigenvalue weighted by Gasteiger charge is -2.26. The Labute approximate surface area is 104 Å². The summed E-state index contributed by atoms with van der Waals surface area (Å²) in [4.78, 5) is 11.4. The van der Waals surface area contributed by atoms with Crippen molar-refractivity contribution in [1.29, 1.82) is 0 Å². The highest BCUT2D eigenvalue weighted by molar-refractivity contribution is 5.79. The number of aliphatic hydroxyl groups excluding tert-OH is 1. The van der Waals surface area contributed by atoms with Crippen molar-refractivity contribution in [3.8, 4) is 0 Å². The van der Waals surface area contributed by atoms with Crippen LogP contribution in [0.15, 0.2) is 30.3 Å². The second-order valence-electron chi connectivity index (χ2n) is 4.94. The fourth-order valence-electron chi connectivity index (χ4n) is 1.30. The first-order valence-corrected chi connectivity index (χ1v) is 5.49. The van der Waals surface area contributed by atoms with E-state index < -0.39 is 23.6 Å². The molecule has 1 aromatic rings. The Hall–Kier alpha value is -1.49. The van der Waals surface area contributed by atoms with Gasteiger partial charge in [-0.2, -0.15) is 8.78 Å². The van der Waals surface area contributed by atoms with Gasteiger partial charge in [0.15, 0.2) is 6.10 Å². The van der Waals surface area contributed by atoms with Gasteiger partial charge in [0.25, 0.3) is 0 Å². The number of rotatable bonds is 3. The van der Waals surface area contributed by atoms with Gasteiger partial charge in [-0.05, 0) is 26.3 Å². The van der Waals surface area contributed by atoms with Gasteiger partial charge in [0.2, 0.25) is 0 Å². The Bertz CT molecular complexity index is 410. The third-order valence-electron chi connectivity index (χ3n) is 2.13. The second kappa shape index (κ2) is 5.02. The molecule has 0 spiro atoms. The Balaban J connectivity index is 2.89. The maximum Gasteiger partial charge on any atom is 0.380 e. The van der Waals surface area contributed by atoms with Crippen molar-refractivity contribution in [2.45, 2.75) is 38.4 Å². The molecular weight excluding hydrogens is 242 g/mol. The van der Waals surface area contributed by atoms with E-state index in [1.165, 1.54) is 45.0 Å². The monoisotopic (exact) mass is 258 g/mol. The molecule has 0 radical (unpaired) electrons. The lowest BCUT2D eigenvalue weighted by atomic mass is 10.0. The number of hydrogen-bond donors (Lipinski definition) is 1. The van der Waals surface area contributed by atoms with Crippen LogP contribution in [0, 0.1) is 0 Å². The molecule has 0 saturated carbocycles. The molecule has 100 valence electrons. The van der Waals surface area contributed by atoms with Crippen LogP contribution < -0.4 is 0 Å². The minimum atomic E-state index is -3.98. The summed E-state index contributed by atoms with van der Waals surface area (Å²) in [7, 11) is 0. The zero-order valence-electron chi connectivity index (χ0n) is 10.5. The second-order valence-corrected chi connectivity index (χ2v) is 4.94. The van der Waals surface area contributed by atoms with Gasteiger partial charge in [-0.1, -0.05) is 30.3 Å². The summed E-state index contributed by atoms with van der Waals surface area (Å²) in [6, 6.07) is 7.28. The minimum Gasteiger partial charge on any atom is -0.455 e. The predicted molar refractivity (Wildman–Crippen MR) is 62.2 cm³/mol. The molecule has 18 heavy (non-hydrogen) atoms. The van der Waals surface area contributed by atoms with E-state index in [4.69, 9.17) is 0 Å². The molecule has 0 bridgehead atoms. The quantitative estimate of drug-likeness (QED) is 0.848. The highest BCUT2D eigenvalue weighted by Crippen LogP contribution is 2.33. The van der Waals surface area contributed by atoms with E-state index in [1.54, 1.807) is 6.07 Å². The van der Waals surface area contributed by atoms with E-state index in [2.05, 4.69) is 4.74 Å². The lowest BCUT2D eigenvalue weighted by Crippen LogP contribution is -2.41. The summed E-state index contributed by atoms with van der Waals surface area (Å²) in [5.41, 5.74) is -1.06. The summed E-state index contributed by atoms with van der Waals surface area (Å²) in [5.74, 6) is -5.71. The van der Waals surface area contributed by atoms with Crippen molar-refractivity contribution in [2.75, 3.05) is 0 Å². The van der Waals surface area contributed by atoms with Gasteiger partial charge in [-0.25, -0.2) is 4.79 Å². The number of alkyl halides is 2. The van der Waals surface area contributed by atoms with E-state index in [0.717, 1.165) is 0 Å². The highest BCUT2D eigenvalue weighted by Gasteiger charge is 2.50. The molecule has 0 aliphatic carbocycles. The summed E-state index contributed by atoms with van der Waals surface area (Å²) >= 11 is 0. The van der Waals surface area contributed by atoms with Crippen molar-refractivity contribution in [3.05, 3.63) is 35.9 Å². The molecule has 5 heteroatoms. The van der Waals surface area contributed by atoms with Crippen molar-refractivity contribution in [3.63, 3.8) is 0 Å². The first kappa shape index (κ1) is 14.6. The molecule has 1 aromatic carbocycles. The van der Waals surface area contributed by atoms with Gasteiger partial charge in [0.05, 0.1) is 0 Å². The van der Waals surface area contributed by atoms with E-state index >= 15 is 0 Å². The van der Waals surface area contributed by atoms with Crippen LogP contribution in [-0.2, 0) is 9.53 Å². The first-order chi connectivity index (χ1) is 8.14. The number of carbonyl (C=O) groups is 1. The van der Waals surface area contributed by atoms with Crippen LogP contribution in [0.2, 0.25) is 0 Å². The number of ether oxygens (including phenoxy) is 1. The molecule has 0 fully saturated rings. The predicted octanol–water partition coefficient (Wildman–Crippen LogP) is 2.70. The van der Waals surface area contributed by atoms with Crippen LogP contribution >= 0.6 is 0 Å². The van der Waals surface area contributed by atoms with Gasteiger partial charge in [-0.15, -0.1) is 0 Å². The van der Waals surface area contributed by atoms with E-state index in [0.29, 0.717) is 0 Å². The van der Waals surface area contributed by atoms with Crippen molar-refractivity contribution < 1.29 is 23.4 Å². The van der Waals surface area contributed by atoms with Crippen LogP contribution in [0.5, 0.6) is 0 Å². The van der Waals surface area contributed by atoms with Crippen molar-refractivity contribution in [1.82, 2.24) is 0 Å². The van der Waals surface area contributed by atoms with Gasteiger partial charge >= 0.3 is 11.9 Å². The Kier molecular flexibility index (Phi) is 4.06. The van der Waals surface area contributed by atoms with Crippen LogP contribution in [-0.4, -0.2) is 22.6 Å². The van der Waals surface area contributed by atoms with Crippen LogP contribution in [0.25, 0.3) is 0 Å². The largest absolute Gasteiger partial charge is 0.455 e. The number of halogens is 2. The molecule has 3 nitrogen and oxygen atoms in total. The number of aliphatic hydroxyl groups is 1. The fraction of sp³-hybridized carbons (Fsp3) is 0.462. The van der Waals surface area contributed by atoms with E-state index in [9.17, 15) is 18.7 Å². The molecule has 0 aliphatic rings. The molecule has 0 heterocycles. The van der Waals surface area contributed by atoms with E-state index in [-0.39, 0.29) is 5.56 Å². The normalized spacial score (nSPS) is 14.1. The lowest BCUT2D eigenvalue weighted by molar-refractivity contribution is -0.200. The first-order valence-electron chi connectivity index (χ1n) is 5.49. The molecule has 1 N–H and O–H groups in total. The standard InChI is InChI=1S/C13H16F2O3/c1-12(2,3)18-11(17)13(14,15)10(16)9-7-5-4-6-8-9/h4-8,10,16H,1-3H3. The third-order valence-corrected chi connectivity index (χ3v) is 2.13. The number of hydrogen-bond acceptors (Lipinski definition) is 3. The Morgan fingerprint density at radius 1 is 1.22 bits per heavy atom. The summed E-state index contributed by atoms with van der Waals surface area (Å²) in [6.45, 7) is 4.45. The molecule has 0 saturated heterocycles. The number of benzene rings is 1. The summed E-state index contributed by atoms with van der Waals surface area (Å²) in [6.07, 6.45) is -2.21. The zero-order valence-corrected chi connectivity index (χ0v) is 10.5. The molecule has 1 atom stereocenters. The smallest absolute Gasteiger partial charge is 0.380 e. The van der Waals surface area contributed by atoms with Crippen LogP contribution in [0.3, 0.4) is 0 Å². The highest BCUT2D eigenvalue weighted by atomic mass is 19.3. The number of esters is 1. The van der Waals surface area contributed by atoms with Crippen molar-refractivity contribution >= 4 is 5.97 Å². The van der Waals surface area contributed by atoms with Gasteiger partial charge in [-0.3, -0.25) is 0 Å². The van der Waals surface area contributed by atoms with Gasteiger partial charge in [0, 0.05) is 0 Å². The summed E-state index contributed by atoms with van der Waals surface area (Å²) < 4.78 is 32.0. The molecule has 1 unspecified atom stereocenters. The van der Waals surface area contributed by atoms with Crippen LogP contribution in [0.4, 0.5) is 8.78 Å². The molecule has 1 rings (SSSR count). The SMILES string of the molecule is CC(C)(C)OC(=O)C(F)(F)C(O)c1ccccc1. The van der Waals surface area contributed by atoms with Crippen molar-refractivity contribution in [2.24, 2.45) is 0 Å². The van der Waals surface area contributed by atoms with Crippen LogP contribution in [0.1, 0.15) is 32.4 Å². The van der Waals surface area contributed by atoms with E-state index in [1.807, 2.05) is 0 Å². The maximum absolute atomic E-state index is 13.7. The van der Waals surface area contributed by atoms with Gasteiger partial charge in [0.1, 0.15) is 5.60 Å². The average Bonchev–Trinajstić information content (AvgIpc) is 2.27. The topological polar surface area (TPSA) is 46.5 Å². The van der Waals surface area contributed by atoms with Gasteiger partial charge < -0.3 is 9.84 Å². The number of carbonyl (C=O) groups excluding carboxylic acids is 1. The molecule has 0 amide bonds. The average molecular weight is 258 g/mol. The maximum atomic E-state index is 13.7. The molecule has 0 aliphatic heterocycles. The Morgan fingerprint density at radius 3 is 2.17 bits per heavy atom.